The van der Waals surface area contributed by atoms with Crippen LogP contribution in [0.15, 0.2) is 0 Å². The highest BCUT2D eigenvalue weighted by Gasteiger charge is 2.15. The average molecular weight is 265 g/mol. The van der Waals surface area contributed by atoms with Crippen LogP contribution in [-0.4, -0.2) is 44.2 Å². The van der Waals surface area contributed by atoms with Crippen molar-refractivity contribution < 1.29 is 13.5 Å². The van der Waals surface area contributed by atoms with Crippen LogP contribution in [0.1, 0.15) is 40.0 Å². The van der Waals surface area contributed by atoms with Crippen LogP contribution < -0.4 is 5.32 Å². The molecule has 0 spiro atoms. The first-order valence-electron chi connectivity index (χ1n) is 6.49. The summed E-state index contributed by atoms with van der Waals surface area (Å²) in [5, 5.41) is 12.2. The molecule has 17 heavy (non-hydrogen) atoms. The summed E-state index contributed by atoms with van der Waals surface area (Å²) in [6, 6.07) is -0.0157. The summed E-state index contributed by atoms with van der Waals surface area (Å²) in [6.07, 6.45) is 2.95. The first-order valence-corrected chi connectivity index (χ1v) is 8.32. The molecule has 4 nitrogen and oxygen atoms in total. The molecule has 0 radical (unpaired) electrons. The Balaban J connectivity index is 3.99. The Morgan fingerprint density at radius 2 is 1.88 bits per heavy atom. The Hall–Kier alpha value is -0.130. The molecule has 0 rings (SSSR count). The molecule has 0 fully saturated rings. The summed E-state index contributed by atoms with van der Waals surface area (Å²) < 4.78 is 22.9. The van der Waals surface area contributed by atoms with Crippen LogP contribution in [0.5, 0.6) is 0 Å². The standard InChI is InChI=1S/C12H27NO3S/c1-4-6-12(7-8-14)9-13-11(3)10-17(15,16)5-2/h11-14H,4-10H2,1-3H3. The van der Waals surface area contributed by atoms with E-state index < -0.39 is 9.84 Å². The normalized spacial score (nSPS) is 15.8. The minimum absolute atomic E-state index is 0.0157. The molecule has 0 aromatic heterocycles. The van der Waals surface area contributed by atoms with Crippen LogP contribution in [0.3, 0.4) is 0 Å². The predicted molar refractivity (Wildman–Crippen MR) is 71.9 cm³/mol. The fourth-order valence-corrected chi connectivity index (χ4v) is 2.98. The highest BCUT2D eigenvalue weighted by Crippen LogP contribution is 2.09. The van der Waals surface area contributed by atoms with E-state index in [1.165, 1.54) is 0 Å². The summed E-state index contributed by atoms with van der Waals surface area (Å²) >= 11 is 0. The van der Waals surface area contributed by atoms with Crippen molar-refractivity contribution in [3.63, 3.8) is 0 Å². The Bertz CT molecular complexity index is 271. The van der Waals surface area contributed by atoms with Gasteiger partial charge in [0.25, 0.3) is 0 Å². The smallest absolute Gasteiger partial charge is 0.151 e. The highest BCUT2D eigenvalue weighted by atomic mass is 32.2. The van der Waals surface area contributed by atoms with Gasteiger partial charge in [-0.3, -0.25) is 0 Å². The van der Waals surface area contributed by atoms with E-state index >= 15 is 0 Å². The largest absolute Gasteiger partial charge is 0.396 e. The zero-order chi connectivity index (χ0) is 13.3. The summed E-state index contributed by atoms with van der Waals surface area (Å²) in [5.74, 6) is 0.840. The van der Waals surface area contributed by atoms with Crippen molar-refractivity contribution >= 4 is 9.84 Å². The van der Waals surface area contributed by atoms with Crippen molar-refractivity contribution in [1.82, 2.24) is 5.32 Å². The number of aliphatic hydroxyl groups is 1. The lowest BCUT2D eigenvalue weighted by Gasteiger charge is -2.19. The maximum Gasteiger partial charge on any atom is 0.151 e. The predicted octanol–water partition coefficient (Wildman–Crippen LogP) is 1.20. The third-order valence-corrected chi connectivity index (χ3v) is 4.82. The lowest BCUT2D eigenvalue weighted by molar-refractivity contribution is 0.246. The van der Waals surface area contributed by atoms with Crippen LogP contribution >= 0.6 is 0 Å². The molecule has 0 aliphatic rings. The number of aliphatic hydroxyl groups excluding tert-OH is 1. The van der Waals surface area contributed by atoms with Crippen molar-refractivity contribution in [1.29, 1.82) is 0 Å². The second-order valence-corrected chi connectivity index (χ2v) is 7.07. The summed E-state index contributed by atoms with van der Waals surface area (Å²) in [5.41, 5.74) is 0. The van der Waals surface area contributed by atoms with Crippen molar-refractivity contribution in [3.8, 4) is 0 Å². The van der Waals surface area contributed by atoms with Crippen molar-refractivity contribution in [3.05, 3.63) is 0 Å². The van der Waals surface area contributed by atoms with E-state index in [1.807, 2.05) is 6.92 Å². The van der Waals surface area contributed by atoms with Gasteiger partial charge in [-0.2, -0.15) is 0 Å². The summed E-state index contributed by atoms with van der Waals surface area (Å²) in [7, 11) is -2.90. The van der Waals surface area contributed by atoms with Crippen LogP contribution in [-0.2, 0) is 9.84 Å². The Kier molecular flexibility index (Phi) is 8.82. The van der Waals surface area contributed by atoms with E-state index in [0.29, 0.717) is 5.92 Å². The van der Waals surface area contributed by atoms with E-state index in [-0.39, 0.29) is 24.2 Å². The van der Waals surface area contributed by atoms with Crippen LogP contribution in [0, 0.1) is 5.92 Å². The molecule has 104 valence electrons. The van der Waals surface area contributed by atoms with Crippen molar-refractivity contribution in [2.75, 3.05) is 24.7 Å². The molecule has 0 aromatic rings. The highest BCUT2D eigenvalue weighted by molar-refractivity contribution is 7.91. The number of hydrogen-bond donors (Lipinski definition) is 2. The molecule has 0 heterocycles. The van der Waals surface area contributed by atoms with Crippen LogP contribution in [0.2, 0.25) is 0 Å². The Labute approximate surface area is 106 Å². The van der Waals surface area contributed by atoms with Gasteiger partial charge in [0.1, 0.15) is 0 Å². The lowest BCUT2D eigenvalue weighted by atomic mass is 10.00. The SMILES string of the molecule is CCCC(CCO)CNC(C)CS(=O)(=O)CC. The van der Waals surface area contributed by atoms with Crippen molar-refractivity contribution in [2.24, 2.45) is 5.92 Å². The van der Waals surface area contributed by atoms with E-state index in [9.17, 15) is 8.42 Å². The number of rotatable bonds is 10. The third kappa shape index (κ3) is 8.57. The monoisotopic (exact) mass is 265 g/mol. The molecule has 0 aromatic carbocycles. The minimum Gasteiger partial charge on any atom is -0.396 e. The van der Waals surface area contributed by atoms with Gasteiger partial charge < -0.3 is 10.4 Å². The molecule has 0 saturated carbocycles. The quantitative estimate of drug-likeness (QED) is 0.623. The molecule has 2 unspecified atom stereocenters. The van der Waals surface area contributed by atoms with E-state index in [2.05, 4.69) is 12.2 Å². The molecule has 0 aliphatic carbocycles. The van der Waals surface area contributed by atoms with Gasteiger partial charge in [0.15, 0.2) is 9.84 Å². The lowest BCUT2D eigenvalue weighted by Crippen LogP contribution is -2.37. The molecule has 0 aliphatic heterocycles. The van der Waals surface area contributed by atoms with Crippen molar-refractivity contribution in [2.45, 2.75) is 46.1 Å². The maximum atomic E-state index is 11.4. The Morgan fingerprint density at radius 1 is 1.24 bits per heavy atom. The number of sulfone groups is 1. The summed E-state index contributed by atoms with van der Waals surface area (Å²) in [4.78, 5) is 0. The number of hydrogen-bond acceptors (Lipinski definition) is 4. The average Bonchev–Trinajstić information content (AvgIpc) is 2.26. The first-order chi connectivity index (χ1) is 7.95. The fraction of sp³-hybridized carbons (Fsp3) is 1.00. The van der Waals surface area contributed by atoms with Gasteiger partial charge in [-0.1, -0.05) is 20.3 Å². The second kappa shape index (κ2) is 8.89. The third-order valence-electron chi connectivity index (χ3n) is 2.93. The maximum absolute atomic E-state index is 11.4. The van der Waals surface area contributed by atoms with Crippen LogP contribution in [0.4, 0.5) is 0 Å². The van der Waals surface area contributed by atoms with Gasteiger partial charge in [-0.05, 0) is 32.2 Å². The second-order valence-electron chi connectivity index (χ2n) is 4.68. The molecular weight excluding hydrogens is 238 g/mol. The summed E-state index contributed by atoms with van der Waals surface area (Å²) in [6.45, 7) is 6.68. The van der Waals surface area contributed by atoms with E-state index in [0.717, 1.165) is 25.8 Å². The molecule has 0 saturated heterocycles. The topological polar surface area (TPSA) is 66.4 Å². The molecule has 2 N–H and O–H groups in total. The molecule has 0 bridgehead atoms. The van der Waals surface area contributed by atoms with Gasteiger partial charge in [0, 0.05) is 18.4 Å². The van der Waals surface area contributed by atoms with E-state index in [1.54, 1.807) is 6.92 Å². The van der Waals surface area contributed by atoms with E-state index in [4.69, 9.17) is 5.11 Å². The Morgan fingerprint density at radius 3 is 2.35 bits per heavy atom. The van der Waals surface area contributed by atoms with Gasteiger partial charge in [-0.15, -0.1) is 0 Å². The fourth-order valence-electron chi connectivity index (χ4n) is 1.86. The number of nitrogens with one attached hydrogen (secondary N) is 1. The molecule has 2 atom stereocenters. The molecule has 0 amide bonds. The molecule has 5 heteroatoms. The van der Waals surface area contributed by atoms with Gasteiger partial charge in [0.05, 0.1) is 5.75 Å². The molecular formula is C12H27NO3S. The minimum atomic E-state index is -2.90. The van der Waals surface area contributed by atoms with Gasteiger partial charge >= 0.3 is 0 Å². The van der Waals surface area contributed by atoms with Gasteiger partial charge in [-0.25, -0.2) is 8.42 Å². The first kappa shape index (κ1) is 16.9. The van der Waals surface area contributed by atoms with Gasteiger partial charge in [0.2, 0.25) is 0 Å². The van der Waals surface area contributed by atoms with Crippen LogP contribution in [0.25, 0.3) is 0 Å². The zero-order valence-corrected chi connectivity index (χ0v) is 12.1. The zero-order valence-electron chi connectivity index (χ0n) is 11.3.